The molecule has 0 bridgehead atoms. The van der Waals surface area contributed by atoms with Crippen molar-refractivity contribution in [2.24, 2.45) is 0 Å². The Morgan fingerprint density at radius 1 is 0.800 bits per heavy atom. The summed E-state index contributed by atoms with van der Waals surface area (Å²) >= 11 is 0. The van der Waals surface area contributed by atoms with E-state index >= 15 is 0 Å². The number of para-hydroxylation sites is 1. The molecule has 3 aromatic carbocycles. The third-order valence-electron chi connectivity index (χ3n) is 7.16. The van der Waals surface area contributed by atoms with Gasteiger partial charge in [0.05, 0.1) is 16.1 Å². The molecule has 212 valence electrons. The maximum atomic E-state index is 13.8. The molecular weight excluding hydrogens is 520 g/mol. The van der Waals surface area contributed by atoms with E-state index in [1.165, 1.54) is 4.31 Å². The van der Waals surface area contributed by atoms with E-state index in [4.69, 9.17) is 4.42 Å². The molecule has 0 saturated heterocycles. The minimum Gasteiger partial charge on any atom is -0.460 e. The van der Waals surface area contributed by atoms with Crippen LogP contribution in [0.5, 0.6) is 0 Å². The van der Waals surface area contributed by atoms with E-state index in [9.17, 15) is 13.2 Å². The number of sulfonamides is 1. The van der Waals surface area contributed by atoms with Crippen LogP contribution in [0.2, 0.25) is 0 Å². The molecule has 0 radical (unpaired) electrons. The zero-order valence-electron chi connectivity index (χ0n) is 24.0. The number of carbonyl (C=O) groups excluding carboxylic acids is 1. The fourth-order valence-electron chi connectivity index (χ4n) is 5.15. The monoisotopic (exact) mass is 560 g/mol. The molecule has 4 rings (SSSR count). The van der Waals surface area contributed by atoms with Gasteiger partial charge in [-0.3, -0.25) is 9.10 Å². The van der Waals surface area contributed by atoms with Crippen LogP contribution in [0.4, 0.5) is 5.69 Å². The summed E-state index contributed by atoms with van der Waals surface area (Å²) in [7, 11) is -3.79. The molecule has 40 heavy (non-hydrogen) atoms. The second-order valence-electron chi connectivity index (χ2n) is 10.2. The number of furan rings is 1. The van der Waals surface area contributed by atoms with E-state index in [0.717, 1.165) is 43.4 Å². The Morgan fingerprint density at radius 3 is 2.08 bits per heavy atom. The summed E-state index contributed by atoms with van der Waals surface area (Å²) in [6, 6.07) is 21.4. The van der Waals surface area contributed by atoms with Gasteiger partial charge in [-0.1, -0.05) is 56.7 Å². The molecule has 0 spiro atoms. The lowest BCUT2D eigenvalue weighted by atomic mass is 9.99. The Hall–Kier alpha value is -3.42. The Labute approximate surface area is 238 Å². The number of hydrogen-bond donors (Lipinski definition) is 0. The molecule has 4 aromatic rings. The van der Waals surface area contributed by atoms with Crippen molar-refractivity contribution in [1.82, 2.24) is 4.90 Å². The molecule has 0 N–H and O–H groups in total. The molecule has 1 aromatic heterocycles. The van der Waals surface area contributed by atoms with E-state index in [2.05, 4.69) is 18.7 Å². The average molecular weight is 561 g/mol. The van der Waals surface area contributed by atoms with Gasteiger partial charge in [0.2, 0.25) is 0 Å². The summed E-state index contributed by atoms with van der Waals surface area (Å²) < 4.78 is 35.1. The number of anilines is 1. The summed E-state index contributed by atoms with van der Waals surface area (Å²) in [6.07, 6.45) is 3.43. The number of fused-ring (bicyclic) bond motifs is 1. The Bertz CT molecular complexity index is 1520. The molecule has 0 aliphatic carbocycles. The molecule has 0 saturated carbocycles. The van der Waals surface area contributed by atoms with E-state index in [1.807, 2.05) is 50.2 Å². The molecule has 0 aliphatic rings. The summed E-state index contributed by atoms with van der Waals surface area (Å²) in [5, 5.41) is 0.792. The molecule has 7 heteroatoms. The molecule has 0 atom stereocenters. The molecule has 0 fully saturated rings. The SMILES string of the molecule is CCCN(CCC)CCCN(c1ccc(C(=O)c2c(CC)oc3ccccc23)cc1)S(=O)(=O)c1ccc(C)cc1. The van der Waals surface area contributed by atoms with Crippen molar-refractivity contribution in [2.75, 3.05) is 30.5 Å². The van der Waals surface area contributed by atoms with Gasteiger partial charge in [-0.15, -0.1) is 0 Å². The van der Waals surface area contributed by atoms with Gasteiger partial charge >= 0.3 is 0 Å². The van der Waals surface area contributed by atoms with Gasteiger partial charge < -0.3 is 9.32 Å². The van der Waals surface area contributed by atoms with Gasteiger partial charge in [0.15, 0.2) is 5.78 Å². The fraction of sp³-hybridized carbons (Fsp3) is 0.364. The van der Waals surface area contributed by atoms with Gasteiger partial charge in [-0.05, 0) is 88.3 Å². The van der Waals surface area contributed by atoms with Crippen molar-refractivity contribution in [3.63, 3.8) is 0 Å². The lowest BCUT2D eigenvalue weighted by Gasteiger charge is -2.27. The number of hydrogen-bond acceptors (Lipinski definition) is 5. The second kappa shape index (κ2) is 13.3. The Kier molecular flexibility index (Phi) is 9.82. The highest BCUT2D eigenvalue weighted by atomic mass is 32.2. The summed E-state index contributed by atoms with van der Waals surface area (Å²) in [6.45, 7) is 11.4. The van der Waals surface area contributed by atoms with Gasteiger partial charge in [0.1, 0.15) is 11.3 Å². The highest BCUT2D eigenvalue weighted by Crippen LogP contribution is 2.30. The number of nitrogens with zero attached hydrogens (tertiary/aromatic N) is 2. The number of aryl methyl sites for hydroxylation is 2. The molecule has 0 aliphatic heterocycles. The van der Waals surface area contributed by atoms with Crippen LogP contribution in [0, 0.1) is 6.92 Å². The number of ketones is 1. The van der Waals surface area contributed by atoms with E-state index in [0.29, 0.717) is 47.5 Å². The Balaban J connectivity index is 1.64. The predicted molar refractivity (Wildman–Crippen MR) is 163 cm³/mol. The van der Waals surface area contributed by atoms with Crippen LogP contribution < -0.4 is 4.31 Å². The third kappa shape index (κ3) is 6.48. The number of rotatable bonds is 14. The summed E-state index contributed by atoms with van der Waals surface area (Å²) in [5.41, 5.74) is 3.30. The first-order chi connectivity index (χ1) is 19.3. The van der Waals surface area contributed by atoms with Gasteiger partial charge in [0, 0.05) is 23.9 Å². The van der Waals surface area contributed by atoms with Gasteiger partial charge in [-0.2, -0.15) is 0 Å². The normalized spacial score (nSPS) is 11.8. The van der Waals surface area contributed by atoms with E-state index in [-0.39, 0.29) is 10.7 Å². The average Bonchev–Trinajstić information content (AvgIpc) is 3.34. The molecule has 0 amide bonds. The van der Waals surface area contributed by atoms with Crippen LogP contribution in [0.15, 0.2) is 82.1 Å². The maximum absolute atomic E-state index is 13.8. The Morgan fingerprint density at radius 2 is 1.45 bits per heavy atom. The summed E-state index contributed by atoms with van der Waals surface area (Å²) in [4.78, 5) is 16.3. The van der Waals surface area contributed by atoms with Crippen molar-refractivity contribution < 1.29 is 17.6 Å². The highest BCUT2D eigenvalue weighted by molar-refractivity contribution is 7.92. The van der Waals surface area contributed by atoms with Gasteiger partial charge in [0.25, 0.3) is 10.0 Å². The number of carbonyl (C=O) groups is 1. The minimum absolute atomic E-state index is 0.129. The van der Waals surface area contributed by atoms with E-state index < -0.39 is 10.0 Å². The highest BCUT2D eigenvalue weighted by Gasteiger charge is 2.26. The quantitative estimate of drug-likeness (QED) is 0.152. The lowest BCUT2D eigenvalue weighted by Crippen LogP contribution is -2.35. The molecule has 6 nitrogen and oxygen atoms in total. The van der Waals surface area contributed by atoms with Crippen molar-refractivity contribution in [1.29, 1.82) is 0 Å². The lowest BCUT2D eigenvalue weighted by molar-refractivity contribution is 0.103. The molecular formula is C33H40N2O4S. The van der Waals surface area contributed by atoms with Crippen molar-refractivity contribution in [3.8, 4) is 0 Å². The first-order valence-electron chi connectivity index (χ1n) is 14.3. The van der Waals surface area contributed by atoms with Crippen LogP contribution in [0.25, 0.3) is 11.0 Å². The fourth-order valence-corrected chi connectivity index (χ4v) is 6.65. The predicted octanol–water partition coefficient (Wildman–Crippen LogP) is 7.24. The minimum atomic E-state index is -3.79. The van der Waals surface area contributed by atoms with Crippen molar-refractivity contribution in [2.45, 2.75) is 58.3 Å². The van der Waals surface area contributed by atoms with E-state index in [1.54, 1.807) is 36.4 Å². The molecule has 0 unspecified atom stereocenters. The first kappa shape index (κ1) is 29.6. The first-order valence-corrected chi connectivity index (χ1v) is 15.7. The molecule has 1 heterocycles. The van der Waals surface area contributed by atoms with Gasteiger partial charge in [-0.25, -0.2) is 8.42 Å². The van der Waals surface area contributed by atoms with Crippen LogP contribution in [0.3, 0.4) is 0 Å². The van der Waals surface area contributed by atoms with Crippen molar-refractivity contribution >= 4 is 32.5 Å². The zero-order valence-corrected chi connectivity index (χ0v) is 24.8. The topological polar surface area (TPSA) is 70.8 Å². The number of benzene rings is 3. The van der Waals surface area contributed by atoms with Crippen LogP contribution in [-0.2, 0) is 16.4 Å². The zero-order chi connectivity index (χ0) is 28.7. The van der Waals surface area contributed by atoms with Crippen LogP contribution in [0.1, 0.15) is 67.3 Å². The largest absolute Gasteiger partial charge is 0.460 e. The maximum Gasteiger partial charge on any atom is 0.264 e. The second-order valence-corrected chi connectivity index (χ2v) is 12.1. The van der Waals surface area contributed by atoms with Crippen LogP contribution in [-0.4, -0.2) is 45.3 Å². The van der Waals surface area contributed by atoms with Crippen LogP contribution >= 0.6 is 0 Å². The summed E-state index contributed by atoms with van der Waals surface area (Å²) in [5.74, 6) is 0.527. The van der Waals surface area contributed by atoms with Crippen molar-refractivity contribution in [3.05, 3.63) is 95.2 Å². The smallest absolute Gasteiger partial charge is 0.264 e. The third-order valence-corrected chi connectivity index (χ3v) is 9.00. The standard InChI is InChI=1S/C33H40N2O4S/c1-5-21-34(22-6-2)23-10-24-35(40(37,38)28-19-13-25(4)14-20-28)27-17-15-26(16-18-27)33(36)32-29-11-8-9-12-31(29)39-30(32)7-3/h8-9,11-20H,5-7,10,21-24H2,1-4H3.